The maximum Gasteiger partial charge on any atom is 0.305 e. The lowest BCUT2D eigenvalue weighted by molar-refractivity contribution is -0.136. The van der Waals surface area contributed by atoms with Crippen LogP contribution in [0.15, 0.2) is 24.3 Å². The molecule has 0 heterocycles. The lowest BCUT2D eigenvalue weighted by atomic mass is 9.67. The minimum absolute atomic E-state index is 0.0832. The average molecular weight is 404 g/mol. The highest BCUT2D eigenvalue weighted by Gasteiger charge is 2.37. The van der Waals surface area contributed by atoms with Crippen LogP contribution in [0, 0.1) is 11.3 Å². The highest BCUT2D eigenvalue weighted by Crippen LogP contribution is 2.42. The Balaban J connectivity index is 1.90. The second-order valence-corrected chi connectivity index (χ2v) is 9.16. The van der Waals surface area contributed by atoms with Gasteiger partial charge in [-0.25, -0.2) is 0 Å². The van der Waals surface area contributed by atoms with E-state index in [1.807, 2.05) is 12.1 Å². The van der Waals surface area contributed by atoms with Crippen LogP contribution in [-0.4, -0.2) is 29.2 Å². The Morgan fingerprint density at radius 2 is 1.83 bits per heavy atom. The van der Waals surface area contributed by atoms with Gasteiger partial charge in [-0.15, -0.1) is 0 Å². The van der Waals surface area contributed by atoms with Crippen molar-refractivity contribution in [2.24, 2.45) is 17.1 Å². The molecule has 162 valence electrons. The SMILES string of the molecule is CCC(C)(C)C1CCC(N)(N[C@H](C)c2ccc(C(=O)NCCC(=O)O)cc2)CC1. The van der Waals surface area contributed by atoms with Crippen LogP contribution in [0.4, 0.5) is 0 Å². The Bertz CT molecular complexity index is 692. The van der Waals surface area contributed by atoms with E-state index in [1.54, 1.807) is 12.1 Å². The molecular formula is C23H37N3O3. The minimum atomic E-state index is -0.927. The summed E-state index contributed by atoms with van der Waals surface area (Å²) in [7, 11) is 0. The van der Waals surface area contributed by atoms with E-state index >= 15 is 0 Å². The molecule has 1 aromatic carbocycles. The Kier molecular flexibility index (Phi) is 7.83. The fourth-order valence-electron chi connectivity index (χ4n) is 4.17. The van der Waals surface area contributed by atoms with Gasteiger partial charge in [0.2, 0.25) is 0 Å². The quantitative estimate of drug-likeness (QED) is 0.469. The zero-order valence-electron chi connectivity index (χ0n) is 18.3. The Labute approximate surface area is 174 Å². The number of hydrogen-bond acceptors (Lipinski definition) is 4. The number of carboxylic acid groups (broad SMARTS) is 1. The molecule has 1 atom stereocenters. The lowest BCUT2D eigenvalue weighted by Crippen LogP contribution is -2.56. The Morgan fingerprint density at radius 1 is 1.24 bits per heavy atom. The first-order valence-corrected chi connectivity index (χ1v) is 10.7. The van der Waals surface area contributed by atoms with Crippen molar-refractivity contribution in [3.63, 3.8) is 0 Å². The van der Waals surface area contributed by atoms with Crippen LogP contribution in [0.1, 0.15) is 88.2 Å². The van der Waals surface area contributed by atoms with E-state index in [0.717, 1.165) is 37.2 Å². The van der Waals surface area contributed by atoms with Crippen molar-refractivity contribution < 1.29 is 14.7 Å². The molecular weight excluding hydrogens is 366 g/mol. The molecule has 2 rings (SSSR count). The van der Waals surface area contributed by atoms with Crippen molar-refractivity contribution >= 4 is 11.9 Å². The average Bonchev–Trinajstić information content (AvgIpc) is 2.67. The molecule has 1 saturated carbocycles. The second-order valence-electron chi connectivity index (χ2n) is 9.16. The third-order valence-electron chi connectivity index (χ3n) is 6.70. The van der Waals surface area contributed by atoms with Crippen molar-refractivity contribution in [1.29, 1.82) is 0 Å². The van der Waals surface area contributed by atoms with Crippen LogP contribution in [-0.2, 0) is 4.79 Å². The summed E-state index contributed by atoms with van der Waals surface area (Å²) in [5.74, 6) is -0.464. The van der Waals surface area contributed by atoms with Gasteiger partial charge in [-0.3, -0.25) is 14.9 Å². The van der Waals surface area contributed by atoms with Crippen LogP contribution < -0.4 is 16.4 Å². The number of carboxylic acids is 1. The van der Waals surface area contributed by atoms with Crippen LogP contribution in [0.25, 0.3) is 0 Å². The third kappa shape index (κ3) is 6.54. The third-order valence-corrected chi connectivity index (χ3v) is 6.70. The van der Waals surface area contributed by atoms with E-state index in [-0.39, 0.29) is 30.6 Å². The molecule has 1 aliphatic carbocycles. The molecule has 1 amide bonds. The molecule has 29 heavy (non-hydrogen) atoms. The topological polar surface area (TPSA) is 104 Å². The molecule has 0 bridgehead atoms. The van der Waals surface area contributed by atoms with E-state index in [1.165, 1.54) is 6.42 Å². The van der Waals surface area contributed by atoms with Gasteiger partial charge in [-0.05, 0) is 61.6 Å². The summed E-state index contributed by atoms with van der Waals surface area (Å²) < 4.78 is 0. The molecule has 1 aromatic rings. The monoisotopic (exact) mass is 403 g/mol. The Hall–Kier alpha value is -1.92. The number of rotatable bonds is 9. The van der Waals surface area contributed by atoms with Gasteiger partial charge in [0.25, 0.3) is 5.91 Å². The number of nitrogens with one attached hydrogen (secondary N) is 2. The van der Waals surface area contributed by atoms with E-state index in [0.29, 0.717) is 11.0 Å². The molecule has 1 fully saturated rings. The van der Waals surface area contributed by atoms with Crippen LogP contribution >= 0.6 is 0 Å². The summed E-state index contributed by atoms with van der Waals surface area (Å²) in [6, 6.07) is 7.48. The predicted molar refractivity (Wildman–Crippen MR) is 116 cm³/mol. The molecule has 0 aliphatic heterocycles. The first-order valence-electron chi connectivity index (χ1n) is 10.7. The van der Waals surface area contributed by atoms with E-state index in [2.05, 4.69) is 38.3 Å². The van der Waals surface area contributed by atoms with Crippen molar-refractivity contribution in [3.8, 4) is 0 Å². The van der Waals surface area contributed by atoms with Gasteiger partial charge in [0.15, 0.2) is 0 Å². The zero-order valence-corrected chi connectivity index (χ0v) is 18.3. The lowest BCUT2D eigenvalue weighted by Gasteiger charge is -2.44. The molecule has 0 radical (unpaired) electrons. The first-order chi connectivity index (χ1) is 13.6. The number of nitrogens with two attached hydrogens (primary N) is 1. The fourth-order valence-corrected chi connectivity index (χ4v) is 4.17. The van der Waals surface area contributed by atoms with Gasteiger partial charge in [0.1, 0.15) is 0 Å². The van der Waals surface area contributed by atoms with E-state index in [9.17, 15) is 9.59 Å². The van der Waals surface area contributed by atoms with Crippen molar-refractivity contribution in [1.82, 2.24) is 10.6 Å². The predicted octanol–water partition coefficient (Wildman–Crippen LogP) is 3.82. The van der Waals surface area contributed by atoms with E-state index in [4.69, 9.17) is 10.8 Å². The normalized spacial score (nSPS) is 23.4. The van der Waals surface area contributed by atoms with Gasteiger partial charge in [-0.1, -0.05) is 39.3 Å². The van der Waals surface area contributed by atoms with Gasteiger partial charge in [0.05, 0.1) is 12.1 Å². The minimum Gasteiger partial charge on any atom is -0.481 e. The number of aliphatic carboxylic acids is 1. The zero-order chi connectivity index (χ0) is 21.7. The summed E-state index contributed by atoms with van der Waals surface area (Å²) in [5, 5.41) is 14.9. The molecule has 0 spiro atoms. The standard InChI is InChI=1S/C23H37N3O3/c1-5-22(3,4)19-10-13-23(24,14-11-19)26-16(2)17-6-8-18(9-7-17)21(29)25-15-12-20(27)28/h6-9,16,19,26H,5,10-15,24H2,1-4H3,(H,25,29)(H,27,28)/t16-,19?,23?/m1/s1. The number of benzene rings is 1. The molecule has 0 unspecified atom stereocenters. The van der Waals surface area contributed by atoms with E-state index < -0.39 is 5.97 Å². The molecule has 1 aliphatic rings. The largest absolute Gasteiger partial charge is 0.481 e. The number of carbonyl (C=O) groups excluding carboxylic acids is 1. The first kappa shape index (κ1) is 23.4. The summed E-state index contributed by atoms with van der Waals surface area (Å²) in [4.78, 5) is 22.6. The van der Waals surface area contributed by atoms with Gasteiger partial charge >= 0.3 is 5.97 Å². The molecule has 6 nitrogen and oxygen atoms in total. The molecule has 6 heteroatoms. The Morgan fingerprint density at radius 3 is 2.34 bits per heavy atom. The van der Waals surface area contributed by atoms with Gasteiger partial charge < -0.3 is 16.2 Å². The summed E-state index contributed by atoms with van der Waals surface area (Å²) in [5.41, 5.74) is 8.29. The number of amides is 1. The second kappa shape index (κ2) is 9.72. The van der Waals surface area contributed by atoms with Crippen LogP contribution in [0.3, 0.4) is 0 Å². The number of hydrogen-bond donors (Lipinski definition) is 4. The van der Waals surface area contributed by atoms with Crippen molar-refractivity contribution in [3.05, 3.63) is 35.4 Å². The van der Waals surface area contributed by atoms with Crippen molar-refractivity contribution in [2.75, 3.05) is 6.54 Å². The van der Waals surface area contributed by atoms with Crippen LogP contribution in [0.5, 0.6) is 0 Å². The highest BCUT2D eigenvalue weighted by molar-refractivity contribution is 5.94. The fraction of sp³-hybridized carbons (Fsp3) is 0.652. The highest BCUT2D eigenvalue weighted by atomic mass is 16.4. The maximum absolute atomic E-state index is 12.1. The summed E-state index contributed by atoms with van der Waals surface area (Å²) >= 11 is 0. The maximum atomic E-state index is 12.1. The molecule has 0 aromatic heterocycles. The van der Waals surface area contributed by atoms with Gasteiger partial charge in [-0.2, -0.15) is 0 Å². The molecule has 5 N–H and O–H groups in total. The molecule has 0 saturated heterocycles. The number of carbonyl (C=O) groups is 2. The summed E-state index contributed by atoms with van der Waals surface area (Å²) in [6.45, 7) is 9.20. The smallest absolute Gasteiger partial charge is 0.305 e. The summed E-state index contributed by atoms with van der Waals surface area (Å²) in [6.07, 6.45) is 5.33. The van der Waals surface area contributed by atoms with Gasteiger partial charge in [0, 0.05) is 18.2 Å². The van der Waals surface area contributed by atoms with Crippen molar-refractivity contribution in [2.45, 2.75) is 77.9 Å². The van der Waals surface area contributed by atoms with Crippen LogP contribution in [0.2, 0.25) is 0 Å².